The minimum Gasteiger partial charge on any atom is -0.393 e. The Hall–Kier alpha value is -0.700. The average molecular weight is 332 g/mol. The van der Waals surface area contributed by atoms with Gasteiger partial charge in [0.2, 0.25) is 0 Å². The second kappa shape index (κ2) is 5.40. The number of aliphatic hydroxyl groups excluding tert-OH is 1. The van der Waals surface area contributed by atoms with Crippen LogP contribution in [0.15, 0.2) is 0 Å². The standard InChI is InChI=1S/C21H32O3/c1-12(22)16-6-7-17-15-5-4-13-10-14(23)8-9-20(13,2)19(15)18(24)11-21(16,17)3/h13,15-19,24H,4-11H2,1-3H3/t13-,15?,16+,17?,18?,19?,20-,21+/m0/s1. The Morgan fingerprint density at radius 2 is 1.88 bits per heavy atom. The topological polar surface area (TPSA) is 54.4 Å². The number of rotatable bonds is 1. The molecule has 4 aliphatic rings. The van der Waals surface area contributed by atoms with E-state index in [-0.39, 0.29) is 22.9 Å². The predicted molar refractivity (Wildman–Crippen MR) is 92.3 cm³/mol. The highest BCUT2D eigenvalue weighted by Gasteiger charge is 2.63. The van der Waals surface area contributed by atoms with Gasteiger partial charge in [0.25, 0.3) is 0 Å². The Morgan fingerprint density at radius 3 is 2.58 bits per heavy atom. The SMILES string of the molecule is CC(=O)[C@H]1CCC2C3CC[C@H]4CC(=O)CC[C@]4(C)C3C(O)C[C@@]21C. The number of ketones is 2. The summed E-state index contributed by atoms with van der Waals surface area (Å²) >= 11 is 0. The fourth-order valence-electron chi connectivity index (χ4n) is 7.84. The van der Waals surface area contributed by atoms with Gasteiger partial charge in [0.05, 0.1) is 6.10 Å². The Morgan fingerprint density at radius 1 is 1.12 bits per heavy atom. The Kier molecular flexibility index (Phi) is 3.77. The highest BCUT2D eigenvalue weighted by molar-refractivity contribution is 5.80. The van der Waals surface area contributed by atoms with Gasteiger partial charge < -0.3 is 5.11 Å². The minimum absolute atomic E-state index is 0.0138. The molecule has 134 valence electrons. The molecule has 4 unspecified atom stereocenters. The largest absolute Gasteiger partial charge is 0.393 e. The maximum absolute atomic E-state index is 12.2. The molecule has 0 aromatic rings. The Labute approximate surface area is 145 Å². The first kappa shape index (κ1) is 16.8. The first-order chi connectivity index (χ1) is 11.3. The summed E-state index contributed by atoms with van der Waals surface area (Å²) in [4.78, 5) is 24.1. The van der Waals surface area contributed by atoms with E-state index in [0.29, 0.717) is 41.7 Å². The average Bonchev–Trinajstić information content (AvgIpc) is 2.84. The Bertz CT molecular complexity index is 569. The van der Waals surface area contributed by atoms with Gasteiger partial charge >= 0.3 is 0 Å². The van der Waals surface area contributed by atoms with Crippen molar-refractivity contribution in [1.82, 2.24) is 0 Å². The van der Waals surface area contributed by atoms with E-state index in [2.05, 4.69) is 13.8 Å². The first-order valence-electron chi connectivity index (χ1n) is 9.97. The van der Waals surface area contributed by atoms with Gasteiger partial charge in [0.1, 0.15) is 11.6 Å². The first-order valence-corrected chi connectivity index (χ1v) is 9.97. The van der Waals surface area contributed by atoms with Crippen molar-refractivity contribution < 1.29 is 14.7 Å². The number of hydrogen-bond acceptors (Lipinski definition) is 3. The lowest BCUT2D eigenvalue weighted by molar-refractivity contribution is -0.173. The maximum atomic E-state index is 12.2. The molecule has 0 radical (unpaired) electrons. The van der Waals surface area contributed by atoms with Crippen LogP contribution < -0.4 is 0 Å². The third kappa shape index (κ3) is 2.12. The van der Waals surface area contributed by atoms with Crippen molar-refractivity contribution in [3.63, 3.8) is 0 Å². The van der Waals surface area contributed by atoms with Crippen molar-refractivity contribution in [2.24, 2.45) is 40.4 Å². The smallest absolute Gasteiger partial charge is 0.133 e. The molecule has 0 amide bonds. The summed E-state index contributed by atoms with van der Waals surface area (Å²) in [5.41, 5.74) is 0.103. The second-order valence-electron chi connectivity index (χ2n) is 9.84. The molecule has 0 aromatic carbocycles. The quantitative estimate of drug-likeness (QED) is 0.795. The summed E-state index contributed by atoms with van der Waals surface area (Å²) in [6.07, 6.45) is 7.27. The molecule has 3 heteroatoms. The van der Waals surface area contributed by atoms with Crippen LogP contribution in [0.25, 0.3) is 0 Å². The van der Waals surface area contributed by atoms with E-state index in [1.54, 1.807) is 6.92 Å². The molecule has 3 nitrogen and oxygen atoms in total. The van der Waals surface area contributed by atoms with Crippen LogP contribution in [0.4, 0.5) is 0 Å². The summed E-state index contributed by atoms with van der Waals surface area (Å²) in [7, 11) is 0. The second-order valence-corrected chi connectivity index (χ2v) is 9.84. The maximum Gasteiger partial charge on any atom is 0.133 e. The van der Waals surface area contributed by atoms with Crippen LogP contribution in [0.3, 0.4) is 0 Å². The molecule has 1 N–H and O–H groups in total. The molecule has 24 heavy (non-hydrogen) atoms. The molecule has 0 bridgehead atoms. The predicted octanol–water partition coefficient (Wildman–Crippen LogP) is 3.77. The lowest BCUT2D eigenvalue weighted by Crippen LogP contribution is -2.59. The molecule has 0 heterocycles. The van der Waals surface area contributed by atoms with E-state index in [1.165, 1.54) is 0 Å². The zero-order valence-electron chi connectivity index (χ0n) is 15.4. The number of fused-ring (bicyclic) bond motifs is 5. The van der Waals surface area contributed by atoms with Crippen LogP contribution in [0.2, 0.25) is 0 Å². The van der Waals surface area contributed by atoms with Gasteiger partial charge in [-0.05, 0) is 80.0 Å². The van der Waals surface area contributed by atoms with E-state index in [0.717, 1.165) is 44.9 Å². The van der Waals surface area contributed by atoms with Crippen LogP contribution in [0.1, 0.15) is 72.1 Å². The lowest BCUT2D eigenvalue weighted by atomic mass is 9.44. The van der Waals surface area contributed by atoms with Gasteiger partial charge in [0.15, 0.2) is 0 Å². The number of hydrogen-bond donors (Lipinski definition) is 1. The number of carbonyl (C=O) groups is 2. The number of aliphatic hydroxyl groups is 1. The van der Waals surface area contributed by atoms with E-state index < -0.39 is 0 Å². The third-order valence-corrected chi connectivity index (χ3v) is 8.90. The van der Waals surface area contributed by atoms with Crippen LogP contribution in [0.5, 0.6) is 0 Å². The third-order valence-electron chi connectivity index (χ3n) is 8.90. The molecule has 4 saturated carbocycles. The van der Waals surface area contributed by atoms with E-state index in [9.17, 15) is 14.7 Å². The fourth-order valence-corrected chi connectivity index (χ4v) is 7.84. The van der Waals surface area contributed by atoms with E-state index in [1.807, 2.05) is 0 Å². The summed E-state index contributed by atoms with van der Waals surface area (Å²) < 4.78 is 0. The highest BCUT2D eigenvalue weighted by Crippen LogP contribution is 2.67. The molecule has 0 spiro atoms. The van der Waals surface area contributed by atoms with Crippen molar-refractivity contribution >= 4 is 11.6 Å². The summed E-state index contributed by atoms with van der Waals surface area (Å²) in [5, 5.41) is 11.2. The monoisotopic (exact) mass is 332 g/mol. The lowest BCUT2D eigenvalue weighted by Gasteiger charge is -2.61. The van der Waals surface area contributed by atoms with Crippen molar-refractivity contribution in [3.05, 3.63) is 0 Å². The van der Waals surface area contributed by atoms with Crippen molar-refractivity contribution in [3.8, 4) is 0 Å². The zero-order chi connectivity index (χ0) is 17.3. The fraction of sp³-hybridized carbons (Fsp3) is 0.905. The van der Waals surface area contributed by atoms with Crippen LogP contribution in [-0.2, 0) is 9.59 Å². The highest BCUT2D eigenvalue weighted by atomic mass is 16.3. The molecule has 0 aliphatic heterocycles. The molecular weight excluding hydrogens is 300 g/mol. The number of carbonyl (C=O) groups excluding carboxylic acids is 2. The van der Waals surface area contributed by atoms with Gasteiger partial charge in [-0.25, -0.2) is 0 Å². The summed E-state index contributed by atoms with van der Waals surface area (Å²) in [6.45, 7) is 6.36. The van der Waals surface area contributed by atoms with Gasteiger partial charge in [0, 0.05) is 18.8 Å². The van der Waals surface area contributed by atoms with Gasteiger partial charge in [-0.2, -0.15) is 0 Å². The van der Waals surface area contributed by atoms with Crippen molar-refractivity contribution in [1.29, 1.82) is 0 Å². The summed E-state index contributed by atoms with van der Waals surface area (Å²) in [5.74, 6) is 2.78. The molecule has 4 rings (SSSR count). The van der Waals surface area contributed by atoms with E-state index >= 15 is 0 Å². The molecule has 8 atom stereocenters. The van der Waals surface area contributed by atoms with Crippen molar-refractivity contribution in [2.45, 2.75) is 78.2 Å². The summed E-state index contributed by atoms with van der Waals surface area (Å²) in [6, 6.07) is 0. The molecule has 0 aromatic heterocycles. The van der Waals surface area contributed by atoms with Gasteiger partial charge in [-0.15, -0.1) is 0 Å². The minimum atomic E-state index is -0.308. The van der Waals surface area contributed by atoms with Gasteiger partial charge in [-0.1, -0.05) is 13.8 Å². The van der Waals surface area contributed by atoms with Crippen LogP contribution in [-0.4, -0.2) is 22.8 Å². The van der Waals surface area contributed by atoms with E-state index in [4.69, 9.17) is 0 Å². The normalized spacial score (nSPS) is 53.9. The van der Waals surface area contributed by atoms with Crippen LogP contribution >= 0.6 is 0 Å². The zero-order valence-corrected chi connectivity index (χ0v) is 15.4. The molecule has 4 fully saturated rings. The van der Waals surface area contributed by atoms with Crippen LogP contribution in [0, 0.1) is 40.4 Å². The Balaban J connectivity index is 1.68. The van der Waals surface area contributed by atoms with Gasteiger partial charge in [-0.3, -0.25) is 9.59 Å². The molecule has 0 saturated heterocycles. The molecular formula is C21H32O3. The van der Waals surface area contributed by atoms with Crippen molar-refractivity contribution in [2.75, 3.05) is 0 Å². The molecule has 4 aliphatic carbocycles. The number of Topliss-reactive ketones (excluding diaryl/α,β-unsaturated/α-hetero) is 2.